The molecule has 0 aliphatic carbocycles. The van der Waals surface area contributed by atoms with Gasteiger partial charge in [-0.1, -0.05) is 93.6 Å². The van der Waals surface area contributed by atoms with E-state index in [-0.39, 0.29) is 5.41 Å². The van der Waals surface area contributed by atoms with E-state index < -0.39 is 0 Å². The maximum Gasteiger partial charge on any atom is 0.269 e. The molecule has 0 amide bonds. The van der Waals surface area contributed by atoms with E-state index in [4.69, 9.17) is 9.72 Å². The minimum Gasteiger partial charge on any atom is -0.458 e. The lowest BCUT2D eigenvalue weighted by Gasteiger charge is -2.20. The van der Waals surface area contributed by atoms with Crippen LogP contribution in [0.1, 0.15) is 37.7 Å². The lowest BCUT2D eigenvalue weighted by atomic mass is 9.88. The molecule has 240 valence electrons. The van der Waals surface area contributed by atoms with Crippen molar-refractivity contribution in [3.8, 4) is 39.8 Å². The number of fused-ring (bicyclic) bond motifs is 3. The van der Waals surface area contributed by atoms with Crippen LogP contribution in [-0.4, -0.2) is 14.1 Å². The zero-order valence-corrected chi connectivity index (χ0v) is 28.5. The van der Waals surface area contributed by atoms with Crippen molar-refractivity contribution in [3.63, 3.8) is 0 Å². The van der Waals surface area contributed by atoms with Gasteiger partial charge in [0.05, 0.1) is 33.8 Å². The van der Waals surface area contributed by atoms with Gasteiger partial charge in [-0.05, 0) is 90.6 Å². The van der Waals surface area contributed by atoms with Gasteiger partial charge in [0.1, 0.15) is 17.3 Å². The van der Waals surface area contributed by atoms with Crippen molar-refractivity contribution in [2.45, 2.75) is 40.0 Å². The number of hydrogen-bond acceptors (Lipinski definition) is 2. The molecular formula is C44H38N4O. The Labute approximate surface area is 287 Å². The molecule has 0 aliphatic heterocycles. The van der Waals surface area contributed by atoms with Crippen LogP contribution in [0.25, 0.3) is 50.1 Å². The number of rotatable bonds is 6. The second-order valence-corrected chi connectivity index (χ2v) is 13.6. The molecule has 3 aromatic heterocycles. The van der Waals surface area contributed by atoms with Crippen molar-refractivity contribution < 1.29 is 9.30 Å². The summed E-state index contributed by atoms with van der Waals surface area (Å²) in [4.78, 5) is 4.83. The van der Waals surface area contributed by atoms with E-state index in [1.165, 1.54) is 16.5 Å². The van der Waals surface area contributed by atoms with E-state index in [9.17, 15) is 0 Å². The number of nitrogens with zero attached hydrogens (tertiary/aromatic N) is 4. The Hall–Kier alpha value is -5.94. The molecule has 8 aromatic rings. The molecule has 5 aromatic carbocycles. The Morgan fingerprint density at radius 1 is 0.673 bits per heavy atom. The first-order chi connectivity index (χ1) is 23.8. The van der Waals surface area contributed by atoms with Gasteiger partial charge in [0.15, 0.2) is 0 Å². The molecule has 0 bridgehead atoms. The third-order valence-corrected chi connectivity index (χ3v) is 9.42. The lowest BCUT2D eigenvalue weighted by Crippen LogP contribution is -2.33. The average Bonchev–Trinajstić information content (AvgIpc) is 3.61. The van der Waals surface area contributed by atoms with Crippen LogP contribution in [0.5, 0.6) is 11.5 Å². The number of benzene rings is 5. The second-order valence-electron chi connectivity index (χ2n) is 13.6. The summed E-state index contributed by atoms with van der Waals surface area (Å²) in [5.41, 5.74) is 10.1. The molecule has 0 aliphatic rings. The van der Waals surface area contributed by atoms with Crippen molar-refractivity contribution in [1.29, 1.82) is 0 Å². The number of ether oxygens (including phenoxy) is 1. The fourth-order valence-corrected chi connectivity index (χ4v) is 6.68. The Bertz CT molecular complexity index is 2480. The SMILES string of the molecule is Cc1c(C)[n+](-c2ccccc2-c2ccccc2)[c-]n1-c1cccc(Oc2ccc3c4ccccc4n(-c4cc(C(C)(C)C)ccn4)c3c2)c1. The average molecular weight is 639 g/mol. The van der Waals surface area contributed by atoms with Crippen LogP contribution in [0.3, 0.4) is 0 Å². The molecule has 0 radical (unpaired) electrons. The van der Waals surface area contributed by atoms with Crippen LogP contribution >= 0.6 is 0 Å². The fourth-order valence-electron chi connectivity index (χ4n) is 6.68. The summed E-state index contributed by atoms with van der Waals surface area (Å²) < 4.78 is 13.1. The van der Waals surface area contributed by atoms with Crippen LogP contribution < -0.4 is 9.30 Å². The van der Waals surface area contributed by atoms with Crippen LogP contribution in [0.15, 0.2) is 140 Å². The highest BCUT2D eigenvalue weighted by molar-refractivity contribution is 6.09. The molecule has 0 atom stereocenters. The van der Waals surface area contributed by atoms with Crippen molar-refractivity contribution in [3.05, 3.63) is 163 Å². The molecule has 0 spiro atoms. The van der Waals surface area contributed by atoms with Gasteiger partial charge >= 0.3 is 0 Å². The Morgan fingerprint density at radius 3 is 2.24 bits per heavy atom. The van der Waals surface area contributed by atoms with E-state index in [2.05, 4.69) is 170 Å². The van der Waals surface area contributed by atoms with Crippen molar-refractivity contribution >= 4 is 21.8 Å². The molecule has 0 N–H and O–H groups in total. The fraction of sp³-hybridized carbons (Fsp3) is 0.136. The van der Waals surface area contributed by atoms with Crippen molar-refractivity contribution in [2.24, 2.45) is 0 Å². The molecule has 0 saturated heterocycles. The monoisotopic (exact) mass is 638 g/mol. The van der Waals surface area contributed by atoms with Crippen molar-refractivity contribution in [1.82, 2.24) is 14.1 Å². The van der Waals surface area contributed by atoms with E-state index >= 15 is 0 Å². The van der Waals surface area contributed by atoms with Gasteiger partial charge in [0.25, 0.3) is 6.33 Å². The summed E-state index contributed by atoms with van der Waals surface area (Å²) in [6.45, 7) is 11.0. The zero-order chi connectivity index (χ0) is 33.7. The first-order valence-electron chi connectivity index (χ1n) is 16.7. The number of imidazole rings is 1. The molecule has 0 unspecified atom stereocenters. The zero-order valence-electron chi connectivity index (χ0n) is 28.5. The minimum atomic E-state index is 0.00826. The summed E-state index contributed by atoms with van der Waals surface area (Å²) in [5.74, 6) is 2.41. The normalized spacial score (nSPS) is 11.8. The Kier molecular flexibility index (Phi) is 7.41. The van der Waals surface area contributed by atoms with Gasteiger partial charge in [-0.2, -0.15) is 0 Å². The summed E-state index contributed by atoms with van der Waals surface area (Å²) in [6.07, 6.45) is 5.54. The highest BCUT2D eigenvalue weighted by Crippen LogP contribution is 2.36. The van der Waals surface area contributed by atoms with E-state index in [0.29, 0.717) is 0 Å². The lowest BCUT2D eigenvalue weighted by molar-refractivity contribution is -0.605. The maximum atomic E-state index is 6.58. The Balaban J connectivity index is 1.17. The summed E-state index contributed by atoms with van der Waals surface area (Å²) >= 11 is 0. The van der Waals surface area contributed by atoms with Gasteiger partial charge < -0.3 is 4.74 Å². The van der Waals surface area contributed by atoms with Gasteiger partial charge in [-0.15, -0.1) is 0 Å². The molecular weight excluding hydrogens is 601 g/mol. The number of para-hydroxylation sites is 2. The highest BCUT2D eigenvalue weighted by Gasteiger charge is 2.19. The van der Waals surface area contributed by atoms with Gasteiger partial charge in [0.2, 0.25) is 0 Å². The molecule has 3 heterocycles. The molecule has 0 fully saturated rings. The Morgan fingerprint density at radius 2 is 1.41 bits per heavy atom. The van der Waals surface area contributed by atoms with Crippen LogP contribution in [-0.2, 0) is 5.41 Å². The molecule has 5 heteroatoms. The van der Waals surface area contributed by atoms with E-state index in [1.807, 2.05) is 24.4 Å². The summed E-state index contributed by atoms with van der Waals surface area (Å²) in [5, 5.41) is 2.35. The van der Waals surface area contributed by atoms with Crippen LogP contribution in [0.4, 0.5) is 0 Å². The first kappa shape index (κ1) is 30.4. The van der Waals surface area contributed by atoms with Crippen LogP contribution in [0, 0.1) is 20.2 Å². The number of hydrogen-bond donors (Lipinski definition) is 0. The summed E-state index contributed by atoms with van der Waals surface area (Å²) in [7, 11) is 0. The van der Waals surface area contributed by atoms with E-state index in [0.717, 1.165) is 62.1 Å². The third kappa shape index (κ3) is 5.47. The largest absolute Gasteiger partial charge is 0.458 e. The quantitative estimate of drug-likeness (QED) is 0.134. The predicted molar refractivity (Wildman–Crippen MR) is 198 cm³/mol. The minimum absolute atomic E-state index is 0.00826. The smallest absolute Gasteiger partial charge is 0.269 e. The predicted octanol–water partition coefficient (Wildman–Crippen LogP) is 10.4. The summed E-state index contributed by atoms with van der Waals surface area (Å²) in [6, 6.07) is 46.3. The van der Waals surface area contributed by atoms with Crippen LogP contribution in [0.2, 0.25) is 0 Å². The highest BCUT2D eigenvalue weighted by atomic mass is 16.5. The van der Waals surface area contributed by atoms with Gasteiger partial charge in [-0.25, -0.2) is 4.98 Å². The molecule has 49 heavy (non-hydrogen) atoms. The molecule has 5 nitrogen and oxygen atoms in total. The maximum absolute atomic E-state index is 6.58. The second kappa shape index (κ2) is 11.9. The van der Waals surface area contributed by atoms with Gasteiger partial charge in [-0.3, -0.25) is 13.7 Å². The topological polar surface area (TPSA) is 35.9 Å². The standard InChI is InChI=1S/C44H38N4O/c1-30-31(2)47(40-20-11-9-18-37(40)32-14-7-6-8-15-32)29-46(30)34-16-13-17-35(27-34)49-36-22-23-39-38-19-10-12-21-41(38)48(42(39)28-36)43-26-33(24-25-45-43)44(3,4)5/h6-28H,1-5H3. The molecule has 0 saturated carbocycles. The van der Waals surface area contributed by atoms with Gasteiger partial charge in [0, 0.05) is 23.0 Å². The van der Waals surface area contributed by atoms with E-state index in [1.54, 1.807) is 0 Å². The molecule has 8 rings (SSSR count). The third-order valence-electron chi connectivity index (χ3n) is 9.42. The number of aromatic nitrogens is 4. The number of pyridine rings is 1. The van der Waals surface area contributed by atoms with Crippen molar-refractivity contribution in [2.75, 3.05) is 0 Å². The first-order valence-corrected chi connectivity index (χ1v) is 16.7.